The minimum atomic E-state index is -1.17. The van der Waals surface area contributed by atoms with Crippen LogP contribution in [0.3, 0.4) is 0 Å². The van der Waals surface area contributed by atoms with Gasteiger partial charge in [0.15, 0.2) is 10.8 Å². The summed E-state index contributed by atoms with van der Waals surface area (Å²) < 4.78 is 4.67. The van der Waals surface area contributed by atoms with E-state index in [2.05, 4.69) is 20.4 Å². The van der Waals surface area contributed by atoms with Gasteiger partial charge in [0.2, 0.25) is 5.91 Å². The van der Waals surface area contributed by atoms with Crippen molar-refractivity contribution < 1.29 is 23.9 Å². The van der Waals surface area contributed by atoms with Gasteiger partial charge < -0.3 is 15.4 Å². The molecule has 1 fully saturated rings. The van der Waals surface area contributed by atoms with Gasteiger partial charge in [0.1, 0.15) is 12.1 Å². The minimum absolute atomic E-state index is 0.0463. The first-order chi connectivity index (χ1) is 18.9. The Morgan fingerprint density at radius 3 is 2.28 bits per heavy atom. The van der Waals surface area contributed by atoms with Crippen LogP contribution in [-0.4, -0.2) is 46.9 Å². The molecule has 1 unspecified atom stereocenters. The van der Waals surface area contributed by atoms with Crippen molar-refractivity contribution >= 4 is 40.3 Å². The Morgan fingerprint density at radius 1 is 0.974 bits per heavy atom. The van der Waals surface area contributed by atoms with Crippen molar-refractivity contribution in [2.75, 3.05) is 12.4 Å². The smallest absolute Gasteiger partial charge is 0.357 e. The summed E-state index contributed by atoms with van der Waals surface area (Å²) in [6.45, 7) is 0. The lowest BCUT2D eigenvalue weighted by molar-refractivity contribution is -0.134. The number of anilines is 1. The normalized spacial score (nSPS) is 15.5. The summed E-state index contributed by atoms with van der Waals surface area (Å²) in [5.41, 5.74) is 3.46. The molecule has 0 bridgehead atoms. The highest BCUT2D eigenvalue weighted by Gasteiger charge is 2.45. The van der Waals surface area contributed by atoms with Crippen LogP contribution in [0.5, 0.6) is 0 Å². The molecule has 9 nitrogen and oxygen atoms in total. The summed E-state index contributed by atoms with van der Waals surface area (Å²) in [5, 5.41) is 6.96. The van der Waals surface area contributed by atoms with Crippen molar-refractivity contribution in [2.45, 2.75) is 18.5 Å². The molecular formula is C29H24N4O5S. The van der Waals surface area contributed by atoms with E-state index in [0.29, 0.717) is 5.56 Å². The third kappa shape index (κ3) is 5.55. The number of imide groups is 1. The maximum Gasteiger partial charge on any atom is 0.357 e. The van der Waals surface area contributed by atoms with E-state index in [0.717, 1.165) is 32.9 Å². The highest BCUT2D eigenvalue weighted by molar-refractivity contribution is 7.14. The summed E-state index contributed by atoms with van der Waals surface area (Å²) in [4.78, 5) is 56.9. The Morgan fingerprint density at radius 2 is 1.62 bits per heavy atom. The van der Waals surface area contributed by atoms with Gasteiger partial charge in [0.05, 0.1) is 7.11 Å². The lowest BCUT2D eigenvalue weighted by Crippen LogP contribution is -2.49. The third-order valence-electron chi connectivity index (χ3n) is 6.34. The maximum atomic E-state index is 13.5. The largest absolute Gasteiger partial charge is 0.464 e. The summed E-state index contributed by atoms with van der Waals surface area (Å²) >= 11 is 1.04. The van der Waals surface area contributed by atoms with Gasteiger partial charge >= 0.3 is 12.0 Å². The molecule has 2 N–H and O–H groups in total. The minimum Gasteiger partial charge on any atom is -0.464 e. The summed E-state index contributed by atoms with van der Waals surface area (Å²) in [6, 6.07) is 23.6. The van der Waals surface area contributed by atoms with E-state index in [1.54, 1.807) is 24.3 Å². The number of esters is 1. The average Bonchev–Trinajstić information content (AvgIpc) is 3.56. The van der Waals surface area contributed by atoms with Gasteiger partial charge in [-0.3, -0.25) is 9.59 Å². The molecule has 39 heavy (non-hydrogen) atoms. The second kappa shape index (κ2) is 11.3. The maximum absolute atomic E-state index is 13.5. The summed E-state index contributed by atoms with van der Waals surface area (Å²) in [7, 11) is 1.24. The molecule has 0 radical (unpaired) electrons. The van der Waals surface area contributed by atoms with Crippen LogP contribution < -0.4 is 10.6 Å². The lowest BCUT2D eigenvalue weighted by Gasteiger charge is -2.24. The molecule has 3 aromatic carbocycles. The van der Waals surface area contributed by atoms with Gasteiger partial charge in [0, 0.05) is 11.8 Å². The number of ether oxygens (including phenoxy) is 1. The number of carbonyl (C=O) groups excluding carboxylic acids is 4. The number of hydrogen-bond acceptors (Lipinski definition) is 7. The first-order valence-electron chi connectivity index (χ1n) is 12.1. The van der Waals surface area contributed by atoms with Crippen molar-refractivity contribution in [3.63, 3.8) is 0 Å². The second-order valence-corrected chi connectivity index (χ2v) is 9.66. The van der Waals surface area contributed by atoms with Crippen LogP contribution in [0.15, 0.2) is 90.3 Å². The number of urea groups is 1. The number of thiazole rings is 1. The van der Waals surface area contributed by atoms with Crippen molar-refractivity contribution in [3.05, 3.63) is 107 Å². The fourth-order valence-electron chi connectivity index (χ4n) is 4.37. The molecule has 1 aliphatic rings. The fourth-order valence-corrected chi connectivity index (χ4v) is 5.05. The lowest BCUT2D eigenvalue weighted by atomic mass is 9.99. The molecule has 196 valence electrons. The first-order valence-corrected chi connectivity index (χ1v) is 13.0. The molecule has 0 aliphatic carbocycles. The third-order valence-corrected chi connectivity index (χ3v) is 7.09. The number of rotatable bonds is 8. The molecule has 1 saturated heterocycles. The Labute approximate surface area is 228 Å². The van der Waals surface area contributed by atoms with Gasteiger partial charge in [-0.1, -0.05) is 84.9 Å². The molecule has 1 aliphatic heterocycles. The number of amides is 4. The summed E-state index contributed by atoms with van der Waals surface area (Å²) in [6.07, 6.45) is 0.0802. The van der Waals surface area contributed by atoms with Crippen LogP contribution in [0.4, 0.5) is 9.93 Å². The molecule has 2 heterocycles. The number of nitrogens with one attached hydrogen (secondary N) is 2. The van der Waals surface area contributed by atoms with Crippen LogP contribution in [0.2, 0.25) is 0 Å². The standard InChI is InChI=1S/C29H24N4O5S/c1-38-27(36)22-17-39-28(30-22)32-25(34)23(16-18-12-14-20(15-13-18)19-8-4-2-5-9-19)33-26(35)24(31-29(33)37)21-10-6-3-7-11-21/h2-15,17,23-24H,16H2,1H3,(H,31,37)(H,30,32,34)/t23?,24-/m0/s1. The number of benzene rings is 3. The zero-order valence-electron chi connectivity index (χ0n) is 20.9. The molecular weight excluding hydrogens is 516 g/mol. The number of methoxy groups -OCH3 is 1. The molecule has 4 aromatic rings. The molecule has 0 spiro atoms. The van der Waals surface area contributed by atoms with E-state index < -0.39 is 35.9 Å². The first kappa shape index (κ1) is 25.8. The molecule has 2 atom stereocenters. The highest BCUT2D eigenvalue weighted by atomic mass is 32.1. The fraction of sp³-hybridized carbons (Fsp3) is 0.138. The van der Waals surface area contributed by atoms with Crippen LogP contribution in [0.25, 0.3) is 11.1 Å². The van der Waals surface area contributed by atoms with Crippen molar-refractivity contribution in [2.24, 2.45) is 0 Å². The van der Waals surface area contributed by atoms with Crippen LogP contribution >= 0.6 is 11.3 Å². The monoisotopic (exact) mass is 540 g/mol. The van der Waals surface area contributed by atoms with Gasteiger partial charge in [-0.15, -0.1) is 11.3 Å². The number of nitrogens with zero attached hydrogens (tertiary/aromatic N) is 2. The van der Waals surface area contributed by atoms with Gasteiger partial charge in [0.25, 0.3) is 5.91 Å². The second-order valence-electron chi connectivity index (χ2n) is 8.80. The molecule has 4 amide bonds. The van der Waals surface area contributed by atoms with E-state index in [-0.39, 0.29) is 17.2 Å². The number of carbonyl (C=O) groups is 4. The predicted molar refractivity (Wildman–Crippen MR) is 146 cm³/mol. The molecule has 0 saturated carbocycles. The topological polar surface area (TPSA) is 118 Å². The van der Waals surface area contributed by atoms with Gasteiger partial charge in [-0.2, -0.15) is 0 Å². The number of hydrogen-bond donors (Lipinski definition) is 2. The highest BCUT2D eigenvalue weighted by Crippen LogP contribution is 2.27. The quantitative estimate of drug-likeness (QED) is 0.252. The van der Waals surface area contributed by atoms with Crippen molar-refractivity contribution in [1.82, 2.24) is 15.2 Å². The Kier molecular flexibility index (Phi) is 7.46. The van der Waals surface area contributed by atoms with Crippen LogP contribution in [0, 0.1) is 0 Å². The van der Waals surface area contributed by atoms with Crippen LogP contribution in [0.1, 0.15) is 27.7 Å². The van der Waals surface area contributed by atoms with E-state index >= 15 is 0 Å². The molecule has 5 rings (SSSR count). The van der Waals surface area contributed by atoms with E-state index in [4.69, 9.17) is 0 Å². The molecule has 10 heteroatoms. The zero-order chi connectivity index (χ0) is 27.4. The Bertz CT molecular complexity index is 1510. The average molecular weight is 541 g/mol. The zero-order valence-corrected chi connectivity index (χ0v) is 21.7. The van der Waals surface area contributed by atoms with Crippen molar-refractivity contribution in [3.8, 4) is 11.1 Å². The Balaban J connectivity index is 1.42. The van der Waals surface area contributed by atoms with Crippen LogP contribution in [-0.2, 0) is 20.7 Å². The summed E-state index contributed by atoms with van der Waals surface area (Å²) in [5.74, 6) is -1.77. The SMILES string of the molecule is COC(=O)c1csc(NC(=O)C(Cc2ccc(-c3ccccc3)cc2)N2C(=O)N[C@@H](c3ccccc3)C2=O)n1. The van der Waals surface area contributed by atoms with E-state index in [9.17, 15) is 19.2 Å². The van der Waals surface area contributed by atoms with E-state index in [1.807, 2.05) is 60.7 Å². The Hall–Kier alpha value is -4.83. The molecule has 1 aromatic heterocycles. The van der Waals surface area contributed by atoms with E-state index in [1.165, 1.54) is 12.5 Å². The number of aromatic nitrogens is 1. The van der Waals surface area contributed by atoms with Gasteiger partial charge in [-0.05, 0) is 22.3 Å². The van der Waals surface area contributed by atoms with Gasteiger partial charge in [-0.25, -0.2) is 19.5 Å². The van der Waals surface area contributed by atoms with Crippen molar-refractivity contribution in [1.29, 1.82) is 0 Å². The predicted octanol–water partition coefficient (Wildman–Crippen LogP) is 4.44.